The lowest BCUT2D eigenvalue weighted by molar-refractivity contribution is -0.148. The molecule has 0 unspecified atom stereocenters. The molecule has 0 saturated carbocycles. The van der Waals surface area contributed by atoms with Gasteiger partial charge in [0.25, 0.3) is 0 Å². The summed E-state index contributed by atoms with van der Waals surface area (Å²) in [6, 6.07) is 18.6. The molecule has 55 heavy (non-hydrogen) atoms. The maximum Gasteiger partial charge on any atom is 0.325 e. The van der Waals surface area contributed by atoms with Crippen molar-refractivity contribution < 1.29 is 33.6 Å². The Labute approximate surface area is 324 Å². The number of fused-ring (bicyclic) bond motifs is 1. The number of ether oxygens (including phenoxy) is 4. The molecule has 2 aliphatic rings. The third-order valence-corrected chi connectivity index (χ3v) is 10.8. The van der Waals surface area contributed by atoms with E-state index in [1.807, 2.05) is 71.5 Å². The van der Waals surface area contributed by atoms with Gasteiger partial charge < -0.3 is 29.4 Å². The molecule has 288 valence electrons. The number of amides is 1. The van der Waals surface area contributed by atoms with Crippen molar-refractivity contribution in [2.45, 2.75) is 45.5 Å². The standard InChI is InChI=1S/C41H45ClN6O7/c1-6-55-40(51)38(24(2)49)43-18-31-34(52-3)15-26(16-35(31)53-4)48-33-12-8-9-27(30(33)19-45-48)28-10-7-11-29(37(28)42)32-14-13-25(39(46-32)54-5)20-47-22-41(23-47)17-36(50)44-21-41/h7-16,19,24,38,43,49H,6,17-18,20-23H2,1-5H3,(H,44,50)/t24-,38+/m1/s1. The van der Waals surface area contributed by atoms with Gasteiger partial charge in [-0.1, -0.05) is 48.0 Å². The quantitative estimate of drug-likeness (QED) is 0.129. The molecule has 2 aromatic heterocycles. The number of carbonyl (C=O) groups excluding carboxylic acids is 2. The highest BCUT2D eigenvalue weighted by molar-refractivity contribution is 6.36. The van der Waals surface area contributed by atoms with E-state index in [9.17, 15) is 14.7 Å². The molecule has 4 heterocycles. The molecule has 3 aromatic carbocycles. The van der Waals surface area contributed by atoms with Crippen LogP contribution in [-0.2, 0) is 27.4 Å². The second-order valence-electron chi connectivity index (χ2n) is 14.1. The van der Waals surface area contributed by atoms with Crippen LogP contribution in [-0.4, -0.2) is 96.4 Å². The van der Waals surface area contributed by atoms with Gasteiger partial charge in [-0.05, 0) is 31.5 Å². The molecule has 3 N–H and O–H groups in total. The Kier molecular flexibility index (Phi) is 11.0. The molecule has 0 bridgehead atoms. The number of halogens is 1. The molecule has 2 atom stereocenters. The number of hydrogen-bond donors (Lipinski definition) is 3. The summed E-state index contributed by atoms with van der Waals surface area (Å²) in [6.07, 6.45) is 1.41. The maximum absolute atomic E-state index is 12.5. The van der Waals surface area contributed by atoms with Gasteiger partial charge >= 0.3 is 5.97 Å². The first-order valence-electron chi connectivity index (χ1n) is 18.2. The number of nitrogens with one attached hydrogen (secondary N) is 2. The zero-order chi connectivity index (χ0) is 38.9. The van der Waals surface area contributed by atoms with Crippen LogP contribution in [0.15, 0.2) is 66.9 Å². The Morgan fingerprint density at radius 2 is 1.73 bits per heavy atom. The number of carbonyl (C=O) groups is 2. The zero-order valence-electron chi connectivity index (χ0n) is 31.5. The molecule has 0 aliphatic carbocycles. The van der Waals surface area contributed by atoms with E-state index in [0.29, 0.717) is 52.3 Å². The van der Waals surface area contributed by atoms with Crippen LogP contribution >= 0.6 is 11.6 Å². The predicted molar refractivity (Wildman–Crippen MR) is 209 cm³/mol. The number of benzene rings is 3. The van der Waals surface area contributed by atoms with Crippen LogP contribution in [0.1, 0.15) is 31.4 Å². The Morgan fingerprint density at radius 1 is 1.02 bits per heavy atom. The number of aliphatic hydroxyl groups is 1. The van der Waals surface area contributed by atoms with Crippen LogP contribution in [0.4, 0.5) is 0 Å². The van der Waals surface area contributed by atoms with Crippen molar-refractivity contribution in [3.05, 3.63) is 83.0 Å². The van der Waals surface area contributed by atoms with E-state index >= 15 is 0 Å². The molecule has 2 saturated heterocycles. The number of aliphatic hydroxyl groups excluding tert-OH is 1. The van der Waals surface area contributed by atoms with Gasteiger partial charge in [0, 0.05) is 78.8 Å². The van der Waals surface area contributed by atoms with Crippen LogP contribution in [0.2, 0.25) is 5.02 Å². The van der Waals surface area contributed by atoms with Crippen molar-refractivity contribution >= 4 is 34.4 Å². The fourth-order valence-electron chi connectivity index (χ4n) is 7.74. The van der Waals surface area contributed by atoms with E-state index in [4.69, 9.17) is 40.6 Å². The van der Waals surface area contributed by atoms with Crippen LogP contribution in [0.3, 0.4) is 0 Å². The highest BCUT2D eigenvalue weighted by atomic mass is 35.5. The van der Waals surface area contributed by atoms with Gasteiger partial charge in [-0.15, -0.1) is 0 Å². The van der Waals surface area contributed by atoms with Gasteiger partial charge in [0.2, 0.25) is 11.8 Å². The van der Waals surface area contributed by atoms with Crippen LogP contribution < -0.4 is 24.8 Å². The molecule has 2 fully saturated rings. The summed E-state index contributed by atoms with van der Waals surface area (Å²) in [7, 11) is 4.74. The minimum absolute atomic E-state index is 0.0466. The number of aromatic nitrogens is 3. The first-order chi connectivity index (χ1) is 26.6. The van der Waals surface area contributed by atoms with Crippen molar-refractivity contribution in [1.82, 2.24) is 30.3 Å². The number of rotatable bonds is 14. The monoisotopic (exact) mass is 768 g/mol. The average Bonchev–Trinajstić information content (AvgIpc) is 3.79. The average molecular weight is 769 g/mol. The number of esters is 1. The van der Waals surface area contributed by atoms with Crippen LogP contribution in [0.25, 0.3) is 39.0 Å². The number of nitrogens with zero attached hydrogens (tertiary/aromatic N) is 4. The SMILES string of the molecule is CCOC(=O)[C@@H](NCc1c(OC)cc(-n2ncc3c(-c4cccc(-c5ccc(CN6CC7(CNC(=O)C7)C6)c(OC)n5)c4Cl)cccc32)cc1OC)[C@@H](C)O. The number of likely N-dealkylation sites (tertiary alicyclic amines) is 1. The summed E-state index contributed by atoms with van der Waals surface area (Å²) >= 11 is 7.21. The Morgan fingerprint density at radius 3 is 2.38 bits per heavy atom. The summed E-state index contributed by atoms with van der Waals surface area (Å²) in [6.45, 7) is 6.76. The van der Waals surface area contributed by atoms with E-state index in [1.54, 1.807) is 28.3 Å². The predicted octanol–water partition coefficient (Wildman–Crippen LogP) is 5.16. The summed E-state index contributed by atoms with van der Waals surface area (Å²) in [5.41, 5.74) is 6.39. The van der Waals surface area contributed by atoms with Gasteiger partial charge in [0.15, 0.2) is 0 Å². The molecular weight excluding hydrogens is 724 g/mol. The van der Waals surface area contributed by atoms with Gasteiger partial charge in [-0.2, -0.15) is 5.10 Å². The first kappa shape index (κ1) is 38.1. The highest BCUT2D eigenvalue weighted by Gasteiger charge is 2.48. The normalized spacial score (nSPS) is 16.1. The summed E-state index contributed by atoms with van der Waals surface area (Å²) in [5, 5.41) is 22.5. The summed E-state index contributed by atoms with van der Waals surface area (Å²) in [4.78, 5) is 31.5. The summed E-state index contributed by atoms with van der Waals surface area (Å²) < 4.78 is 24.3. The first-order valence-corrected chi connectivity index (χ1v) is 18.6. The molecule has 2 aliphatic heterocycles. The molecule has 0 radical (unpaired) electrons. The smallest absolute Gasteiger partial charge is 0.325 e. The molecular formula is C41H45ClN6O7. The number of methoxy groups -OCH3 is 3. The van der Waals surface area contributed by atoms with Crippen molar-refractivity contribution in [3.63, 3.8) is 0 Å². The molecule has 1 amide bonds. The zero-order valence-corrected chi connectivity index (χ0v) is 32.3. The third kappa shape index (κ3) is 7.44. The topological polar surface area (TPSA) is 149 Å². The molecule has 14 heteroatoms. The largest absolute Gasteiger partial charge is 0.496 e. The lowest BCUT2D eigenvalue weighted by Crippen LogP contribution is -2.56. The van der Waals surface area contributed by atoms with Gasteiger partial charge in [-0.3, -0.25) is 19.8 Å². The van der Waals surface area contributed by atoms with E-state index < -0.39 is 18.1 Å². The Balaban J connectivity index is 1.16. The molecule has 13 nitrogen and oxygen atoms in total. The van der Waals surface area contributed by atoms with Gasteiger partial charge in [0.1, 0.15) is 17.5 Å². The van der Waals surface area contributed by atoms with Crippen molar-refractivity contribution in [3.8, 4) is 45.5 Å². The number of hydrogen-bond acceptors (Lipinski definition) is 11. The van der Waals surface area contributed by atoms with E-state index in [1.165, 1.54) is 6.92 Å². The Hall–Kier alpha value is -5.21. The lowest BCUT2D eigenvalue weighted by atomic mass is 9.79. The molecule has 1 spiro atoms. The van der Waals surface area contributed by atoms with Gasteiger partial charge in [-0.25, -0.2) is 9.67 Å². The third-order valence-electron chi connectivity index (χ3n) is 10.4. The summed E-state index contributed by atoms with van der Waals surface area (Å²) in [5.74, 6) is 1.15. The molecule has 7 rings (SSSR count). The molecule has 5 aromatic rings. The van der Waals surface area contributed by atoms with Crippen molar-refractivity contribution in [1.29, 1.82) is 0 Å². The van der Waals surface area contributed by atoms with Crippen LogP contribution in [0, 0.1) is 5.41 Å². The highest BCUT2D eigenvalue weighted by Crippen LogP contribution is 2.42. The second-order valence-corrected chi connectivity index (χ2v) is 14.5. The fraction of sp³-hybridized carbons (Fsp3) is 0.366. The van der Waals surface area contributed by atoms with E-state index in [2.05, 4.69) is 15.5 Å². The minimum Gasteiger partial charge on any atom is -0.496 e. The maximum atomic E-state index is 12.5. The minimum atomic E-state index is -0.980. The second kappa shape index (κ2) is 15.9. The fourth-order valence-corrected chi connectivity index (χ4v) is 8.06. The van der Waals surface area contributed by atoms with Crippen molar-refractivity contribution in [2.75, 3.05) is 47.6 Å². The Bertz CT molecular complexity index is 2210. The van der Waals surface area contributed by atoms with E-state index in [-0.39, 0.29) is 24.5 Å². The van der Waals surface area contributed by atoms with Gasteiger partial charge in [0.05, 0.1) is 67.7 Å². The lowest BCUT2D eigenvalue weighted by Gasteiger charge is -2.47. The number of pyridine rings is 1. The van der Waals surface area contributed by atoms with Crippen LogP contribution in [0.5, 0.6) is 17.4 Å². The van der Waals surface area contributed by atoms with E-state index in [0.717, 1.165) is 52.8 Å². The van der Waals surface area contributed by atoms with Crippen molar-refractivity contribution in [2.24, 2.45) is 5.41 Å².